The molecule has 0 spiro atoms. The first-order valence-electron chi connectivity index (χ1n) is 5.98. The first kappa shape index (κ1) is 13.2. The van der Waals surface area contributed by atoms with Crippen LogP contribution >= 0.6 is 0 Å². The molecule has 100 valence electrons. The highest BCUT2D eigenvalue weighted by Crippen LogP contribution is 2.09. The molecule has 0 aliphatic heterocycles. The van der Waals surface area contributed by atoms with E-state index in [9.17, 15) is 4.79 Å². The summed E-state index contributed by atoms with van der Waals surface area (Å²) in [5.74, 6) is 0.301. The van der Waals surface area contributed by atoms with E-state index in [2.05, 4.69) is 25.7 Å². The molecule has 7 heteroatoms. The topological polar surface area (TPSA) is 84.7 Å². The van der Waals surface area contributed by atoms with Gasteiger partial charge in [-0.1, -0.05) is 6.92 Å². The molecule has 1 unspecified atom stereocenters. The molecule has 0 bridgehead atoms. The third-order valence-corrected chi connectivity index (χ3v) is 2.57. The maximum absolute atomic E-state index is 11.8. The van der Waals surface area contributed by atoms with Crippen molar-refractivity contribution in [1.82, 2.24) is 25.1 Å². The number of anilines is 1. The summed E-state index contributed by atoms with van der Waals surface area (Å²) in [4.78, 5) is 20.0. The monoisotopic (exact) mass is 260 g/mol. The average Bonchev–Trinajstić information content (AvgIpc) is 2.88. The van der Waals surface area contributed by atoms with Gasteiger partial charge < -0.3 is 10.6 Å². The lowest BCUT2D eigenvalue weighted by Crippen LogP contribution is -2.28. The highest BCUT2D eigenvalue weighted by atomic mass is 16.1. The van der Waals surface area contributed by atoms with Gasteiger partial charge in [0, 0.05) is 24.9 Å². The number of hydrogen-bond donors (Lipinski definition) is 2. The Morgan fingerprint density at radius 1 is 1.42 bits per heavy atom. The van der Waals surface area contributed by atoms with E-state index in [1.807, 2.05) is 14.0 Å². The Hall–Kier alpha value is -2.28. The van der Waals surface area contributed by atoms with Crippen LogP contribution in [0.15, 0.2) is 30.9 Å². The van der Waals surface area contributed by atoms with E-state index in [1.165, 1.54) is 4.68 Å². The van der Waals surface area contributed by atoms with Crippen molar-refractivity contribution in [2.24, 2.45) is 5.92 Å². The van der Waals surface area contributed by atoms with Crippen molar-refractivity contribution in [2.45, 2.75) is 6.92 Å². The van der Waals surface area contributed by atoms with Gasteiger partial charge >= 0.3 is 0 Å². The second kappa shape index (κ2) is 6.05. The zero-order valence-electron chi connectivity index (χ0n) is 10.9. The molecule has 2 rings (SSSR count). The van der Waals surface area contributed by atoms with Crippen LogP contribution in [0.5, 0.6) is 0 Å². The predicted molar refractivity (Wildman–Crippen MR) is 70.9 cm³/mol. The van der Waals surface area contributed by atoms with Gasteiger partial charge in [-0.15, -0.1) is 0 Å². The number of carbonyl (C=O) groups excluding carboxylic acids is 1. The molecule has 0 aliphatic rings. The molecule has 19 heavy (non-hydrogen) atoms. The highest BCUT2D eigenvalue weighted by Gasteiger charge is 2.13. The minimum absolute atomic E-state index is 0.0529. The minimum atomic E-state index is -0.110. The van der Waals surface area contributed by atoms with E-state index in [0.29, 0.717) is 18.2 Å². The van der Waals surface area contributed by atoms with Crippen LogP contribution in [0.4, 0.5) is 5.69 Å². The first-order chi connectivity index (χ1) is 9.20. The van der Waals surface area contributed by atoms with Gasteiger partial charge in [0.05, 0.1) is 18.1 Å². The lowest BCUT2D eigenvalue weighted by Gasteiger charge is -2.09. The number of carbonyl (C=O) groups is 1. The van der Waals surface area contributed by atoms with Crippen LogP contribution in [0.1, 0.15) is 6.92 Å². The van der Waals surface area contributed by atoms with Gasteiger partial charge in [-0.2, -0.15) is 5.10 Å². The zero-order chi connectivity index (χ0) is 13.7. The van der Waals surface area contributed by atoms with E-state index in [-0.39, 0.29) is 11.8 Å². The van der Waals surface area contributed by atoms with Crippen molar-refractivity contribution in [3.05, 3.63) is 30.9 Å². The van der Waals surface area contributed by atoms with E-state index in [1.54, 1.807) is 30.9 Å². The Labute approximate surface area is 111 Å². The third-order valence-electron chi connectivity index (χ3n) is 2.57. The van der Waals surface area contributed by atoms with Crippen molar-refractivity contribution in [1.29, 1.82) is 0 Å². The molecule has 0 aliphatic carbocycles. The third kappa shape index (κ3) is 3.35. The Bertz CT molecular complexity index is 538. The van der Waals surface area contributed by atoms with Crippen LogP contribution < -0.4 is 10.6 Å². The number of hydrogen-bond acceptors (Lipinski definition) is 5. The molecular weight excluding hydrogens is 244 g/mol. The maximum atomic E-state index is 11.8. The number of aromatic nitrogens is 4. The van der Waals surface area contributed by atoms with Crippen LogP contribution in [-0.2, 0) is 4.79 Å². The van der Waals surface area contributed by atoms with Crippen molar-refractivity contribution in [3.63, 3.8) is 0 Å². The summed E-state index contributed by atoms with van der Waals surface area (Å²) in [6.45, 7) is 2.48. The first-order valence-corrected chi connectivity index (χ1v) is 5.98. The number of rotatable bonds is 5. The number of nitrogens with one attached hydrogen (secondary N) is 2. The Balaban J connectivity index is 2.04. The smallest absolute Gasteiger partial charge is 0.250 e. The molecule has 0 fully saturated rings. The number of amides is 1. The van der Waals surface area contributed by atoms with Gasteiger partial charge in [0.2, 0.25) is 11.9 Å². The van der Waals surface area contributed by atoms with Crippen LogP contribution in [0.25, 0.3) is 5.95 Å². The molecule has 0 saturated carbocycles. The van der Waals surface area contributed by atoms with Crippen LogP contribution in [0.3, 0.4) is 0 Å². The van der Waals surface area contributed by atoms with Crippen molar-refractivity contribution in [3.8, 4) is 5.95 Å². The largest absolute Gasteiger partial charge is 0.323 e. The maximum Gasteiger partial charge on any atom is 0.250 e. The van der Waals surface area contributed by atoms with Crippen molar-refractivity contribution < 1.29 is 4.79 Å². The predicted octanol–water partition coefficient (Wildman–Crippen LogP) is 0.456. The summed E-state index contributed by atoms with van der Waals surface area (Å²) in [6.07, 6.45) is 6.52. The molecule has 2 heterocycles. The Morgan fingerprint density at radius 3 is 2.84 bits per heavy atom. The molecule has 2 aromatic rings. The van der Waals surface area contributed by atoms with E-state index < -0.39 is 0 Å². The summed E-state index contributed by atoms with van der Waals surface area (Å²) in [7, 11) is 1.81. The van der Waals surface area contributed by atoms with Gasteiger partial charge in [-0.25, -0.2) is 14.6 Å². The summed E-state index contributed by atoms with van der Waals surface area (Å²) >= 11 is 0. The van der Waals surface area contributed by atoms with E-state index >= 15 is 0 Å². The van der Waals surface area contributed by atoms with Gasteiger partial charge in [-0.05, 0) is 13.1 Å². The quantitative estimate of drug-likeness (QED) is 0.815. The minimum Gasteiger partial charge on any atom is -0.323 e. The Kier molecular flexibility index (Phi) is 4.19. The zero-order valence-corrected chi connectivity index (χ0v) is 10.9. The fourth-order valence-corrected chi connectivity index (χ4v) is 1.57. The fraction of sp³-hybridized carbons (Fsp3) is 0.333. The summed E-state index contributed by atoms with van der Waals surface area (Å²) in [5.41, 5.74) is 0.625. The van der Waals surface area contributed by atoms with Crippen LogP contribution in [-0.4, -0.2) is 39.2 Å². The second-order valence-corrected chi connectivity index (χ2v) is 4.17. The molecule has 1 amide bonds. The number of nitrogens with zero attached hydrogens (tertiary/aromatic N) is 4. The normalized spacial score (nSPS) is 12.1. The lowest BCUT2D eigenvalue weighted by molar-refractivity contribution is -0.119. The average molecular weight is 260 g/mol. The van der Waals surface area contributed by atoms with Crippen LogP contribution in [0, 0.1) is 5.92 Å². The van der Waals surface area contributed by atoms with Crippen molar-refractivity contribution in [2.75, 3.05) is 18.9 Å². The lowest BCUT2D eigenvalue weighted by atomic mass is 10.1. The molecule has 2 aromatic heterocycles. The van der Waals surface area contributed by atoms with E-state index in [4.69, 9.17) is 0 Å². The van der Waals surface area contributed by atoms with Gasteiger partial charge in [-0.3, -0.25) is 4.79 Å². The van der Waals surface area contributed by atoms with Gasteiger partial charge in [0.1, 0.15) is 0 Å². The molecule has 1 atom stereocenters. The Morgan fingerprint density at radius 2 is 2.16 bits per heavy atom. The molecule has 0 aromatic carbocycles. The summed E-state index contributed by atoms with van der Waals surface area (Å²) in [6, 6.07) is 1.73. The molecule has 0 saturated heterocycles. The second-order valence-electron chi connectivity index (χ2n) is 4.17. The van der Waals surface area contributed by atoms with E-state index in [0.717, 1.165) is 0 Å². The molecule has 2 N–H and O–H groups in total. The van der Waals surface area contributed by atoms with Gasteiger partial charge in [0.25, 0.3) is 0 Å². The standard InChI is InChI=1S/C12H16N6O/c1-9(6-13-2)11(19)17-10-7-16-18(8-10)12-14-4-3-5-15-12/h3-5,7-9,13H,6H2,1-2H3,(H,17,19). The molecular formula is C12H16N6O. The SMILES string of the molecule is CNCC(C)C(=O)Nc1cnn(-c2ncccn2)c1. The van der Waals surface area contributed by atoms with Crippen molar-refractivity contribution >= 4 is 11.6 Å². The van der Waals surface area contributed by atoms with Crippen LogP contribution in [0.2, 0.25) is 0 Å². The summed E-state index contributed by atoms with van der Waals surface area (Å²) in [5, 5.41) is 9.87. The molecule has 7 nitrogen and oxygen atoms in total. The summed E-state index contributed by atoms with van der Waals surface area (Å²) < 4.78 is 1.51. The highest BCUT2D eigenvalue weighted by molar-refractivity contribution is 5.92. The molecule has 0 radical (unpaired) electrons. The van der Waals surface area contributed by atoms with Gasteiger partial charge in [0.15, 0.2) is 0 Å². The fourth-order valence-electron chi connectivity index (χ4n) is 1.57.